The zero-order valence-electron chi connectivity index (χ0n) is 13.4. The van der Waals surface area contributed by atoms with Crippen LogP contribution in [0.25, 0.3) is 10.9 Å². The highest BCUT2D eigenvalue weighted by atomic mass is 16.5. The van der Waals surface area contributed by atoms with Crippen LogP contribution in [-0.2, 0) is 11.3 Å². The summed E-state index contributed by atoms with van der Waals surface area (Å²) in [6, 6.07) is 15.5. The van der Waals surface area contributed by atoms with Gasteiger partial charge in [-0.25, -0.2) is 9.48 Å². The Morgan fingerprint density at radius 1 is 1.12 bits per heavy atom. The van der Waals surface area contributed by atoms with E-state index in [4.69, 9.17) is 4.74 Å². The van der Waals surface area contributed by atoms with E-state index in [9.17, 15) is 14.7 Å². The van der Waals surface area contributed by atoms with E-state index in [1.165, 1.54) is 4.68 Å². The summed E-state index contributed by atoms with van der Waals surface area (Å²) in [6.45, 7) is 0.0320. The van der Waals surface area contributed by atoms with E-state index in [1.54, 1.807) is 54.6 Å². The first kappa shape index (κ1) is 16.8. The molecule has 0 spiro atoms. The first-order valence-corrected chi connectivity index (χ1v) is 7.88. The van der Waals surface area contributed by atoms with Gasteiger partial charge in [0, 0.05) is 6.54 Å². The summed E-state index contributed by atoms with van der Waals surface area (Å²) in [5, 5.41) is 18.3. The second-order valence-corrected chi connectivity index (χ2v) is 5.54. The molecule has 2 aromatic carbocycles. The summed E-state index contributed by atoms with van der Waals surface area (Å²) in [5.74, 6) is -0.498. The molecule has 1 atom stereocenters. The highest BCUT2D eigenvalue weighted by molar-refractivity contribution is 5.89. The molecule has 0 amide bonds. The number of carbonyl (C=O) groups excluding carboxylic acids is 1. The quantitative estimate of drug-likeness (QED) is 0.682. The summed E-state index contributed by atoms with van der Waals surface area (Å²) >= 11 is 0. The number of nitrogens with zero attached hydrogens (tertiary/aromatic N) is 3. The Labute approximate surface area is 143 Å². The summed E-state index contributed by atoms with van der Waals surface area (Å²) in [4.78, 5) is 24.1. The van der Waals surface area contributed by atoms with Crippen LogP contribution in [0.5, 0.6) is 0 Å². The fourth-order valence-electron chi connectivity index (χ4n) is 2.35. The fourth-order valence-corrected chi connectivity index (χ4v) is 2.35. The molecule has 3 rings (SSSR count). The van der Waals surface area contributed by atoms with Crippen molar-refractivity contribution < 1.29 is 14.6 Å². The molecule has 0 aliphatic heterocycles. The van der Waals surface area contributed by atoms with Crippen LogP contribution in [0.1, 0.15) is 16.8 Å². The molecule has 7 nitrogen and oxygen atoms in total. The van der Waals surface area contributed by atoms with Crippen LogP contribution < -0.4 is 5.56 Å². The van der Waals surface area contributed by atoms with E-state index in [0.29, 0.717) is 16.5 Å². The third-order valence-corrected chi connectivity index (χ3v) is 3.72. The molecule has 1 aromatic heterocycles. The lowest BCUT2D eigenvalue weighted by atomic mass is 10.2. The zero-order valence-corrected chi connectivity index (χ0v) is 13.4. The van der Waals surface area contributed by atoms with Gasteiger partial charge in [0.2, 0.25) is 0 Å². The van der Waals surface area contributed by atoms with Crippen LogP contribution in [-0.4, -0.2) is 38.8 Å². The molecule has 0 fully saturated rings. The van der Waals surface area contributed by atoms with Gasteiger partial charge in [0.05, 0.1) is 17.1 Å². The molecule has 0 aliphatic carbocycles. The molecule has 7 heteroatoms. The van der Waals surface area contributed by atoms with Crippen LogP contribution in [0.3, 0.4) is 0 Å². The van der Waals surface area contributed by atoms with Gasteiger partial charge in [-0.2, -0.15) is 0 Å². The number of rotatable bonds is 6. The Bertz CT molecular complexity index is 924. The minimum absolute atomic E-state index is 0.149. The average Bonchev–Trinajstić information content (AvgIpc) is 2.66. The monoisotopic (exact) mass is 339 g/mol. The van der Waals surface area contributed by atoms with E-state index in [-0.39, 0.29) is 25.1 Å². The number of aryl methyl sites for hydroxylation is 1. The Morgan fingerprint density at radius 3 is 2.64 bits per heavy atom. The van der Waals surface area contributed by atoms with Crippen LogP contribution in [0, 0.1) is 0 Å². The Balaban J connectivity index is 1.56. The van der Waals surface area contributed by atoms with E-state index in [1.807, 2.05) is 0 Å². The van der Waals surface area contributed by atoms with Crippen molar-refractivity contribution in [2.24, 2.45) is 0 Å². The lowest BCUT2D eigenvalue weighted by Gasteiger charge is -2.12. The van der Waals surface area contributed by atoms with E-state index < -0.39 is 12.1 Å². The minimum Gasteiger partial charge on any atom is -0.459 e. The molecule has 25 heavy (non-hydrogen) atoms. The Hall–Kier alpha value is -3.06. The zero-order chi connectivity index (χ0) is 17.6. The SMILES string of the molecule is O=C(OCC(O)CCn1nnc2ccccc2c1=O)c1ccccc1. The van der Waals surface area contributed by atoms with Crippen molar-refractivity contribution in [1.29, 1.82) is 0 Å². The lowest BCUT2D eigenvalue weighted by Crippen LogP contribution is -2.27. The van der Waals surface area contributed by atoms with Crippen LogP contribution in [0.4, 0.5) is 0 Å². The van der Waals surface area contributed by atoms with Gasteiger partial charge in [-0.15, -0.1) is 5.10 Å². The normalized spacial score (nSPS) is 12.0. The minimum atomic E-state index is -0.896. The summed E-state index contributed by atoms with van der Waals surface area (Å²) in [5.41, 5.74) is 0.687. The van der Waals surface area contributed by atoms with Crippen molar-refractivity contribution in [2.75, 3.05) is 6.61 Å². The molecular formula is C18H17N3O4. The molecular weight excluding hydrogens is 322 g/mol. The van der Waals surface area contributed by atoms with Gasteiger partial charge in [-0.05, 0) is 30.7 Å². The third kappa shape index (κ3) is 4.07. The van der Waals surface area contributed by atoms with Gasteiger partial charge in [-0.3, -0.25) is 4.79 Å². The van der Waals surface area contributed by atoms with E-state index in [0.717, 1.165) is 0 Å². The molecule has 3 aromatic rings. The number of fused-ring (bicyclic) bond motifs is 1. The van der Waals surface area contributed by atoms with Crippen molar-refractivity contribution >= 4 is 16.9 Å². The molecule has 0 radical (unpaired) electrons. The fraction of sp³-hybridized carbons (Fsp3) is 0.222. The lowest BCUT2D eigenvalue weighted by molar-refractivity contribution is 0.0225. The number of aliphatic hydroxyl groups excluding tert-OH is 1. The molecule has 128 valence electrons. The smallest absolute Gasteiger partial charge is 0.338 e. The number of aromatic nitrogens is 3. The van der Waals surface area contributed by atoms with Crippen molar-refractivity contribution in [1.82, 2.24) is 15.0 Å². The first-order chi connectivity index (χ1) is 12.1. The van der Waals surface area contributed by atoms with Crippen LogP contribution in [0.15, 0.2) is 59.4 Å². The van der Waals surface area contributed by atoms with Gasteiger partial charge in [-0.1, -0.05) is 35.5 Å². The number of aliphatic hydroxyl groups is 1. The second kappa shape index (κ2) is 7.67. The van der Waals surface area contributed by atoms with E-state index in [2.05, 4.69) is 10.3 Å². The molecule has 0 aliphatic rings. The molecule has 1 N–H and O–H groups in total. The van der Waals surface area contributed by atoms with Gasteiger partial charge < -0.3 is 9.84 Å². The predicted molar refractivity (Wildman–Crippen MR) is 91.1 cm³/mol. The maximum Gasteiger partial charge on any atom is 0.338 e. The molecule has 0 saturated heterocycles. The van der Waals surface area contributed by atoms with Crippen molar-refractivity contribution in [3.8, 4) is 0 Å². The van der Waals surface area contributed by atoms with Crippen molar-refractivity contribution in [3.63, 3.8) is 0 Å². The molecule has 1 heterocycles. The number of esters is 1. The van der Waals surface area contributed by atoms with Gasteiger partial charge in [0.15, 0.2) is 0 Å². The van der Waals surface area contributed by atoms with Crippen LogP contribution in [0.2, 0.25) is 0 Å². The van der Waals surface area contributed by atoms with E-state index >= 15 is 0 Å². The van der Waals surface area contributed by atoms with Crippen molar-refractivity contribution in [2.45, 2.75) is 19.1 Å². The Morgan fingerprint density at radius 2 is 1.84 bits per heavy atom. The van der Waals surface area contributed by atoms with Gasteiger partial charge >= 0.3 is 5.97 Å². The Kier molecular flexibility index (Phi) is 5.15. The molecule has 0 bridgehead atoms. The maximum atomic E-state index is 12.3. The standard InChI is InChI=1S/C18H17N3O4/c22-14(12-25-18(24)13-6-2-1-3-7-13)10-11-21-17(23)15-8-4-5-9-16(15)19-20-21/h1-9,14,22H,10-12H2. The average molecular weight is 339 g/mol. The molecule has 1 unspecified atom stereocenters. The number of hydrogen-bond donors (Lipinski definition) is 1. The van der Waals surface area contributed by atoms with Crippen LogP contribution >= 0.6 is 0 Å². The number of hydrogen-bond acceptors (Lipinski definition) is 6. The summed E-state index contributed by atoms with van der Waals surface area (Å²) < 4.78 is 6.27. The highest BCUT2D eigenvalue weighted by Gasteiger charge is 2.12. The second-order valence-electron chi connectivity index (χ2n) is 5.54. The largest absolute Gasteiger partial charge is 0.459 e. The summed E-state index contributed by atoms with van der Waals surface area (Å²) in [7, 11) is 0. The highest BCUT2D eigenvalue weighted by Crippen LogP contribution is 2.05. The van der Waals surface area contributed by atoms with Gasteiger partial charge in [0.1, 0.15) is 12.1 Å². The predicted octanol–water partition coefficient (Wildman–Crippen LogP) is 1.40. The third-order valence-electron chi connectivity index (χ3n) is 3.72. The van der Waals surface area contributed by atoms with Crippen molar-refractivity contribution in [3.05, 3.63) is 70.5 Å². The van der Waals surface area contributed by atoms with Gasteiger partial charge in [0.25, 0.3) is 5.56 Å². The number of ether oxygens (including phenoxy) is 1. The maximum absolute atomic E-state index is 12.3. The topological polar surface area (TPSA) is 94.3 Å². The number of carbonyl (C=O) groups is 1. The number of benzene rings is 2. The summed E-state index contributed by atoms with van der Waals surface area (Å²) in [6.07, 6.45) is -0.678. The first-order valence-electron chi connectivity index (χ1n) is 7.88. The molecule has 0 saturated carbocycles.